The van der Waals surface area contributed by atoms with Crippen LogP contribution >= 0.6 is 0 Å². The Balaban J connectivity index is 1.76. The highest BCUT2D eigenvalue weighted by molar-refractivity contribution is 5.56. The Labute approximate surface area is 111 Å². The third kappa shape index (κ3) is 2.79. The van der Waals surface area contributed by atoms with E-state index < -0.39 is 0 Å². The van der Waals surface area contributed by atoms with Crippen molar-refractivity contribution < 1.29 is 0 Å². The molecule has 0 aromatic carbocycles. The lowest BCUT2D eigenvalue weighted by Gasteiger charge is -2.17. The second-order valence-corrected chi connectivity index (χ2v) is 4.60. The zero-order valence-corrected chi connectivity index (χ0v) is 10.5. The van der Waals surface area contributed by atoms with Crippen LogP contribution in [0.2, 0.25) is 0 Å². The molecule has 6 heteroatoms. The first-order valence-corrected chi connectivity index (χ1v) is 6.32. The van der Waals surface area contributed by atoms with Crippen molar-refractivity contribution in [3.05, 3.63) is 36.8 Å². The van der Waals surface area contributed by atoms with Crippen molar-refractivity contribution in [2.24, 2.45) is 5.73 Å². The maximum Gasteiger partial charge on any atom is 0.137 e. The number of nitrogens with zero attached hydrogens (tertiary/aromatic N) is 4. The summed E-state index contributed by atoms with van der Waals surface area (Å²) in [5.41, 5.74) is 5.91. The van der Waals surface area contributed by atoms with Crippen molar-refractivity contribution >= 4 is 17.5 Å². The van der Waals surface area contributed by atoms with Crippen LogP contribution in [0.4, 0.5) is 17.5 Å². The number of pyridine rings is 1. The minimum Gasteiger partial charge on any atom is -0.355 e. The van der Waals surface area contributed by atoms with Crippen molar-refractivity contribution in [2.45, 2.75) is 12.5 Å². The third-order valence-electron chi connectivity index (χ3n) is 3.12. The lowest BCUT2D eigenvalue weighted by Crippen LogP contribution is -2.26. The molecule has 3 rings (SSSR count). The predicted molar refractivity (Wildman–Crippen MR) is 74.4 cm³/mol. The fourth-order valence-corrected chi connectivity index (χ4v) is 2.15. The van der Waals surface area contributed by atoms with Crippen LogP contribution in [0.3, 0.4) is 0 Å². The van der Waals surface area contributed by atoms with E-state index in [-0.39, 0.29) is 6.04 Å². The van der Waals surface area contributed by atoms with Gasteiger partial charge in [-0.1, -0.05) is 6.07 Å². The monoisotopic (exact) mass is 256 g/mol. The van der Waals surface area contributed by atoms with E-state index >= 15 is 0 Å². The fraction of sp³-hybridized carbons (Fsp3) is 0.308. The largest absolute Gasteiger partial charge is 0.355 e. The van der Waals surface area contributed by atoms with Gasteiger partial charge in [-0.15, -0.1) is 0 Å². The van der Waals surface area contributed by atoms with Crippen LogP contribution in [0.15, 0.2) is 36.8 Å². The topological polar surface area (TPSA) is 80.0 Å². The van der Waals surface area contributed by atoms with Crippen molar-refractivity contribution in [2.75, 3.05) is 23.3 Å². The average molecular weight is 256 g/mol. The summed E-state index contributed by atoms with van der Waals surface area (Å²) >= 11 is 0. The van der Waals surface area contributed by atoms with Gasteiger partial charge in [-0.2, -0.15) is 0 Å². The molecule has 1 atom stereocenters. The first-order valence-electron chi connectivity index (χ1n) is 6.32. The number of hydrogen-bond acceptors (Lipinski definition) is 6. The van der Waals surface area contributed by atoms with Gasteiger partial charge < -0.3 is 16.0 Å². The van der Waals surface area contributed by atoms with Gasteiger partial charge in [-0.25, -0.2) is 15.0 Å². The van der Waals surface area contributed by atoms with Crippen molar-refractivity contribution in [1.82, 2.24) is 15.0 Å². The Morgan fingerprint density at radius 3 is 2.89 bits per heavy atom. The van der Waals surface area contributed by atoms with Crippen molar-refractivity contribution in [3.8, 4) is 0 Å². The molecule has 0 spiro atoms. The molecule has 0 bridgehead atoms. The number of hydrogen-bond donors (Lipinski definition) is 2. The second-order valence-electron chi connectivity index (χ2n) is 4.60. The normalized spacial score (nSPS) is 18.6. The lowest BCUT2D eigenvalue weighted by atomic mass is 10.3. The number of anilines is 3. The van der Waals surface area contributed by atoms with E-state index in [0.717, 1.165) is 37.0 Å². The van der Waals surface area contributed by atoms with Gasteiger partial charge in [0.2, 0.25) is 0 Å². The Bertz CT molecular complexity index is 544. The summed E-state index contributed by atoms with van der Waals surface area (Å²) in [5.74, 6) is 2.41. The highest BCUT2D eigenvalue weighted by Crippen LogP contribution is 2.20. The van der Waals surface area contributed by atoms with Crippen molar-refractivity contribution in [1.29, 1.82) is 0 Å². The van der Waals surface area contributed by atoms with Crippen LogP contribution in [0.25, 0.3) is 0 Å². The molecule has 2 aromatic rings. The van der Waals surface area contributed by atoms with Crippen LogP contribution in [0.5, 0.6) is 0 Å². The summed E-state index contributed by atoms with van der Waals surface area (Å²) in [7, 11) is 0. The van der Waals surface area contributed by atoms with Crippen LogP contribution in [0, 0.1) is 0 Å². The zero-order chi connectivity index (χ0) is 13.1. The van der Waals surface area contributed by atoms with Crippen LogP contribution in [-0.4, -0.2) is 34.1 Å². The van der Waals surface area contributed by atoms with Gasteiger partial charge >= 0.3 is 0 Å². The molecule has 0 saturated carbocycles. The Kier molecular flexibility index (Phi) is 3.24. The molecule has 0 amide bonds. The highest BCUT2D eigenvalue weighted by Gasteiger charge is 2.20. The average Bonchev–Trinajstić information content (AvgIpc) is 2.87. The number of nitrogens with one attached hydrogen (secondary N) is 1. The zero-order valence-electron chi connectivity index (χ0n) is 10.5. The molecule has 1 fully saturated rings. The molecule has 3 N–H and O–H groups in total. The molecule has 1 aliphatic heterocycles. The molecule has 0 radical (unpaired) electrons. The standard InChI is InChI=1S/C13H16N6/c14-10-4-6-19(8-10)13-7-12(16-9-17-13)18-11-3-1-2-5-15-11/h1-3,5,7,9-10H,4,6,8,14H2,(H,15,16,17,18). The van der Waals surface area contributed by atoms with Gasteiger partial charge in [0.25, 0.3) is 0 Å². The van der Waals surface area contributed by atoms with E-state index in [2.05, 4.69) is 25.2 Å². The Morgan fingerprint density at radius 2 is 2.16 bits per heavy atom. The minimum absolute atomic E-state index is 0.238. The number of aromatic nitrogens is 3. The SMILES string of the molecule is NC1CCN(c2cc(Nc3ccccn3)ncn2)C1. The third-order valence-corrected chi connectivity index (χ3v) is 3.12. The molecular formula is C13H16N6. The van der Waals surface area contributed by atoms with Crippen LogP contribution in [-0.2, 0) is 0 Å². The molecule has 1 unspecified atom stereocenters. The smallest absolute Gasteiger partial charge is 0.137 e. The van der Waals surface area contributed by atoms with Gasteiger partial charge in [0, 0.05) is 31.4 Å². The van der Waals surface area contributed by atoms with Crippen molar-refractivity contribution in [3.63, 3.8) is 0 Å². The van der Waals surface area contributed by atoms with Gasteiger partial charge in [-0.05, 0) is 18.6 Å². The van der Waals surface area contributed by atoms with Crippen LogP contribution in [0.1, 0.15) is 6.42 Å². The summed E-state index contributed by atoms with van der Waals surface area (Å²) in [5, 5.41) is 3.16. The Morgan fingerprint density at radius 1 is 1.21 bits per heavy atom. The molecule has 3 heterocycles. The first kappa shape index (κ1) is 11.9. The molecule has 0 aliphatic carbocycles. The molecule has 2 aromatic heterocycles. The maximum absolute atomic E-state index is 5.91. The van der Waals surface area contributed by atoms with Gasteiger partial charge in [0.15, 0.2) is 0 Å². The summed E-state index contributed by atoms with van der Waals surface area (Å²) in [6.07, 6.45) is 4.31. The van der Waals surface area contributed by atoms with E-state index in [0.29, 0.717) is 0 Å². The first-order chi connectivity index (χ1) is 9.31. The van der Waals surface area contributed by atoms with E-state index in [4.69, 9.17) is 5.73 Å². The summed E-state index contributed by atoms with van der Waals surface area (Å²) in [6, 6.07) is 7.86. The number of rotatable bonds is 3. The van der Waals surface area contributed by atoms with Gasteiger partial charge in [0.1, 0.15) is 23.8 Å². The maximum atomic E-state index is 5.91. The summed E-state index contributed by atoms with van der Waals surface area (Å²) in [6.45, 7) is 1.79. The molecule has 1 aliphatic rings. The molecule has 1 saturated heterocycles. The van der Waals surface area contributed by atoms with E-state index in [1.807, 2.05) is 24.3 Å². The molecule has 6 nitrogen and oxygen atoms in total. The second kappa shape index (κ2) is 5.19. The molecule has 98 valence electrons. The molecule has 19 heavy (non-hydrogen) atoms. The van der Waals surface area contributed by atoms with Gasteiger partial charge in [0.05, 0.1) is 0 Å². The van der Waals surface area contributed by atoms with Crippen LogP contribution < -0.4 is 16.0 Å². The highest BCUT2D eigenvalue weighted by atomic mass is 15.2. The Hall–Kier alpha value is -2.21. The predicted octanol–water partition coefficient (Wildman–Crippen LogP) is 1.15. The molecular weight excluding hydrogens is 240 g/mol. The minimum atomic E-state index is 0.238. The van der Waals surface area contributed by atoms with E-state index in [1.54, 1.807) is 12.5 Å². The quantitative estimate of drug-likeness (QED) is 0.857. The summed E-state index contributed by atoms with van der Waals surface area (Å²) < 4.78 is 0. The summed E-state index contributed by atoms with van der Waals surface area (Å²) in [4.78, 5) is 14.9. The van der Waals surface area contributed by atoms with E-state index in [9.17, 15) is 0 Å². The van der Waals surface area contributed by atoms with E-state index in [1.165, 1.54) is 0 Å². The number of nitrogens with two attached hydrogens (primary N) is 1. The lowest BCUT2D eigenvalue weighted by molar-refractivity contribution is 0.751. The van der Waals surface area contributed by atoms with Gasteiger partial charge in [-0.3, -0.25) is 0 Å². The fourth-order valence-electron chi connectivity index (χ4n) is 2.15.